The number of rotatable bonds is 7. The minimum atomic E-state index is -1.20. The zero-order valence-electron chi connectivity index (χ0n) is 24.6. The summed E-state index contributed by atoms with van der Waals surface area (Å²) in [5, 5.41) is 3.62. The van der Waals surface area contributed by atoms with Gasteiger partial charge in [0.25, 0.3) is 11.8 Å². The van der Waals surface area contributed by atoms with E-state index in [4.69, 9.17) is 9.57 Å². The fraction of sp³-hybridized carbons (Fsp3) is 0.375. The second-order valence-electron chi connectivity index (χ2n) is 11.5. The second kappa shape index (κ2) is 11.7. The number of nitrogens with zero attached hydrogens (tertiary/aromatic N) is 3. The molecule has 3 aliphatic rings. The summed E-state index contributed by atoms with van der Waals surface area (Å²) in [6.07, 6.45) is 2.19. The van der Waals surface area contributed by atoms with E-state index in [1.807, 2.05) is 13.0 Å². The van der Waals surface area contributed by atoms with Crippen LogP contribution in [0.15, 0.2) is 53.5 Å². The van der Waals surface area contributed by atoms with E-state index < -0.39 is 64.0 Å². The number of pyridine rings is 1. The number of fused-ring (bicyclic) bond motifs is 5. The zero-order valence-corrected chi connectivity index (χ0v) is 24.6. The van der Waals surface area contributed by atoms with E-state index in [1.54, 1.807) is 36.1 Å². The highest BCUT2D eigenvalue weighted by molar-refractivity contribution is 5.99. The summed E-state index contributed by atoms with van der Waals surface area (Å²) >= 11 is 0. The zero-order chi connectivity index (χ0) is 32.0. The highest BCUT2D eigenvalue weighted by Gasteiger charge is 2.56. The summed E-state index contributed by atoms with van der Waals surface area (Å²) in [6.45, 7) is 3.33. The van der Waals surface area contributed by atoms with E-state index in [2.05, 4.69) is 5.32 Å². The highest BCUT2D eigenvalue weighted by Crippen LogP contribution is 2.47. The number of carbonyl (C=O) groups is 3. The van der Waals surface area contributed by atoms with E-state index in [1.165, 1.54) is 15.8 Å². The first kappa shape index (κ1) is 30.4. The molecule has 3 atom stereocenters. The first-order valence-electron chi connectivity index (χ1n) is 14.7. The van der Waals surface area contributed by atoms with Crippen LogP contribution in [0.2, 0.25) is 0 Å². The summed E-state index contributed by atoms with van der Waals surface area (Å²) in [5.74, 6) is -5.59. The molecule has 13 heteroatoms. The van der Waals surface area contributed by atoms with Gasteiger partial charge in [0.1, 0.15) is 35.2 Å². The summed E-state index contributed by atoms with van der Waals surface area (Å²) in [5.41, 5.74) is -2.41. The van der Waals surface area contributed by atoms with Gasteiger partial charge in [-0.05, 0) is 32.3 Å². The predicted octanol–water partition coefficient (Wildman–Crippen LogP) is 3.88. The van der Waals surface area contributed by atoms with Crippen LogP contribution < -0.4 is 15.5 Å². The lowest BCUT2D eigenvalue weighted by atomic mass is 9.85. The maximum absolute atomic E-state index is 14.3. The fourth-order valence-corrected chi connectivity index (χ4v) is 6.36. The van der Waals surface area contributed by atoms with Gasteiger partial charge < -0.3 is 19.5 Å². The number of hydroxylamine groups is 2. The van der Waals surface area contributed by atoms with Crippen LogP contribution in [0.4, 0.5) is 13.2 Å². The molecule has 3 amide bonds. The molecule has 3 aliphatic heterocycles. The van der Waals surface area contributed by atoms with Crippen molar-refractivity contribution in [2.75, 3.05) is 13.1 Å². The van der Waals surface area contributed by atoms with Crippen LogP contribution in [0.5, 0.6) is 5.75 Å². The van der Waals surface area contributed by atoms with Crippen LogP contribution >= 0.6 is 0 Å². The van der Waals surface area contributed by atoms with E-state index >= 15 is 0 Å². The molecule has 1 spiro atoms. The molecule has 4 heterocycles. The summed E-state index contributed by atoms with van der Waals surface area (Å²) in [6, 6.07) is 8.95. The number of benzene rings is 2. The lowest BCUT2D eigenvalue weighted by molar-refractivity contribution is -0.211. The molecule has 1 N–H and O–H groups in total. The van der Waals surface area contributed by atoms with Crippen molar-refractivity contribution in [2.45, 2.75) is 63.9 Å². The molecule has 3 aromatic rings. The fourth-order valence-electron chi connectivity index (χ4n) is 6.36. The maximum atomic E-state index is 14.3. The molecule has 10 nitrogen and oxygen atoms in total. The molecule has 2 bridgehead atoms. The first-order valence-corrected chi connectivity index (χ1v) is 14.7. The highest BCUT2D eigenvalue weighted by atomic mass is 19.1. The molecule has 2 saturated heterocycles. The van der Waals surface area contributed by atoms with Gasteiger partial charge in [-0.2, -0.15) is 0 Å². The minimum absolute atomic E-state index is 0.0245. The van der Waals surface area contributed by atoms with Crippen molar-refractivity contribution in [1.29, 1.82) is 0 Å². The second-order valence-corrected chi connectivity index (χ2v) is 11.5. The third kappa shape index (κ3) is 5.34. The Morgan fingerprint density at radius 2 is 1.82 bits per heavy atom. The average Bonchev–Trinajstić information content (AvgIpc) is 3.28. The molecule has 236 valence electrons. The van der Waals surface area contributed by atoms with Crippen molar-refractivity contribution < 1.29 is 37.1 Å². The van der Waals surface area contributed by atoms with Gasteiger partial charge in [-0.1, -0.05) is 30.3 Å². The maximum Gasteiger partial charge on any atom is 0.274 e. The number of ether oxygens (including phenoxy) is 1. The van der Waals surface area contributed by atoms with Crippen molar-refractivity contribution in [3.05, 3.63) is 98.7 Å². The Labute approximate surface area is 256 Å². The van der Waals surface area contributed by atoms with Gasteiger partial charge in [0.2, 0.25) is 11.3 Å². The van der Waals surface area contributed by atoms with E-state index in [9.17, 15) is 32.3 Å². The third-order valence-corrected chi connectivity index (χ3v) is 8.80. The topological polar surface area (TPSA) is 110 Å². The Kier molecular flexibility index (Phi) is 7.89. The van der Waals surface area contributed by atoms with Crippen LogP contribution in [0.25, 0.3) is 0 Å². The SMILES string of the molecule is CCN1O[C@@]2(CC[C@H](C)N3C[C@H]2n2cc(C(=O)NCc4c(F)cc(F)cc4F)c(=O)c(OCc4ccccc4)c2C3=O)CC1=O. The van der Waals surface area contributed by atoms with E-state index in [-0.39, 0.29) is 43.0 Å². The smallest absolute Gasteiger partial charge is 0.274 e. The lowest BCUT2D eigenvalue weighted by Gasteiger charge is -2.42. The minimum Gasteiger partial charge on any atom is -0.483 e. The van der Waals surface area contributed by atoms with Crippen molar-refractivity contribution in [2.24, 2.45) is 0 Å². The number of aromatic nitrogens is 1. The van der Waals surface area contributed by atoms with Crippen molar-refractivity contribution in [3.8, 4) is 5.75 Å². The Balaban J connectivity index is 1.47. The number of hydrogen-bond donors (Lipinski definition) is 1. The Morgan fingerprint density at radius 1 is 1.11 bits per heavy atom. The standard InChI is InChI=1S/C32H31F3N4O6/c1-3-39-26(40)13-32(45-39)10-9-18(2)37-16-25(32)38-15-22(30(42)36-14-21-23(34)11-20(33)12-24(21)35)28(41)29(27(38)31(37)43)44-17-19-7-5-4-6-8-19/h4-8,11-12,15,18,25H,3,9-10,13-14,16-17H2,1-2H3,(H,36,42)/t18-,25+,32-/m0/s1. The first-order chi connectivity index (χ1) is 21.5. The van der Waals surface area contributed by atoms with Gasteiger partial charge in [-0.25, -0.2) is 18.2 Å². The number of nitrogens with one attached hydrogen (secondary N) is 1. The number of hydrogen-bond acceptors (Lipinski definition) is 6. The molecule has 0 saturated carbocycles. The largest absolute Gasteiger partial charge is 0.483 e. The predicted molar refractivity (Wildman–Crippen MR) is 154 cm³/mol. The average molecular weight is 625 g/mol. The summed E-state index contributed by atoms with van der Waals surface area (Å²) in [4.78, 5) is 62.3. The summed E-state index contributed by atoms with van der Waals surface area (Å²) < 4.78 is 49.5. The van der Waals surface area contributed by atoms with Crippen LogP contribution in [-0.4, -0.2) is 57.0 Å². The molecule has 6 rings (SSSR count). The Hall–Kier alpha value is -4.65. The molecule has 0 radical (unpaired) electrons. The van der Waals surface area contributed by atoms with Gasteiger partial charge in [0.05, 0.1) is 12.5 Å². The Bertz CT molecular complexity index is 1730. The quantitative estimate of drug-likeness (QED) is 0.428. The van der Waals surface area contributed by atoms with Crippen molar-refractivity contribution in [1.82, 2.24) is 19.8 Å². The third-order valence-electron chi connectivity index (χ3n) is 8.80. The molecular weight excluding hydrogens is 593 g/mol. The molecular formula is C32H31F3N4O6. The normalized spacial score (nSPS) is 22.4. The van der Waals surface area contributed by atoms with Gasteiger partial charge in [-0.15, -0.1) is 0 Å². The molecule has 2 aromatic carbocycles. The number of carbonyl (C=O) groups excluding carboxylic acids is 3. The van der Waals surface area contributed by atoms with E-state index in [0.717, 1.165) is 0 Å². The van der Waals surface area contributed by atoms with Gasteiger partial charge in [-0.3, -0.25) is 24.0 Å². The Morgan fingerprint density at radius 3 is 2.49 bits per heavy atom. The molecule has 1 aromatic heterocycles. The van der Waals surface area contributed by atoms with Gasteiger partial charge in [0.15, 0.2) is 11.4 Å². The number of halogens is 3. The lowest BCUT2D eigenvalue weighted by Crippen LogP contribution is -2.52. The molecule has 45 heavy (non-hydrogen) atoms. The molecule has 0 aliphatic carbocycles. The van der Waals surface area contributed by atoms with Crippen LogP contribution in [0.3, 0.4) is 0 Å². The van der Waals surface area contributed by atoms with E-state index in [0.29, 0.717) is 37.1 Å². The summed E-state index contributed by atoms with van der Waals surface area (Å²) in [7, 11) is 0. The van der Waals surface area contributed by atoms with Crippen molar-refractivity contribution >= 4 is 17.7 Å². The molecule has 0 unspecified atom stereocenters. The van der Waals surface area contributed by atoms with Crippen LogP contribution in [0, 0.1) is 17.5 Å². The number of amides is 3. The molecule has 2 fully saturated rings. The van der Waals surface area contributed by atoms with Crippen molar-refractivity contribution in [3.63, 3.8) is 0 Å². The van der Waals surface area contributed by atoms with Gasteiger partial charge >= 0.3 is 0 Å². The van der Waals surface area contributed by atoms with Crippen LogP contribution in [-0.2, 0) is 22.8 Å². The van der Waals surface area contributed by atoms with Crippen LogP contribution in [0.1, 0.15) is 71.1 Å². The monoisotopic (exact) mass is 624 g/mol. The van der Waals surface area contributed by atoms with Gasteiger partial charge in [0, 0.05) is 49.6 Å².